The van der Waals surface area contributed by atoms with Crippen molar-refractivity contribution in [2.45, 2.75) is 19.2 Å². The lowest BCUT2D eigenvalue weighted by Gasteiger charge is -2.11. The fraction of sp³-hybridized carbons (Fsp3) is 0.833. The molecule has 0 aliphatic rings. The molecular formula is C6H10F3NO2. The monoisotopic (exact) mass is 185 g/mol. The van der Waals surface area contributed by atoms with Crippen LogP contribution < -0.4 is 5.32 Å². The van der Waals surface area contributed by atoms with Gasteiger partial charge in [0.2, 0.25) is 0 Å². The van der Waals surface area contributed by atoms with Crippen molar-refractivity contribution in [3.05, 3.63) is 0 Å². The summed E-state index contributed by atoms with van der Waals surface area (Å²) in [6, 6.07) is 0. The zero-order valence-electron chi connectivity index (χ0n) is 6.73. The maximum absolute atomic E-state index is 11.6. The number of ether oxygens (including phenoxy) is 1. The maximum Gasteiger partial charge on any atom is 0.471 e. The van der Waals surface area contributed by atoms with Gasteiger partial charge in [-0.2, -0.15) is 13.2 Å². The predicted octanol–water partition coefficient (Wildman–Crippen LogP) is 0.700. The van der Waals surface area contributed by atoms with E-state index in [0.29, 0.717) is 0 Å². The third kappa shape index (κ3) is 4.17. The van der Waals surface area contributed by atoms with E-state index < -0.39 is 18.2 Å². The normalized spacial score (nSPS) is 14.1. The number of alkyl halides is 3. The van der Waals surface area contributed by atoms with Gasteiger partial charge >= 0.3 is 12.1 Å². The molecule has 72 valence electrons. The minimum atomic E-state index is -4.81. The first-order chi connectivity index (χ1) is 5.38. The third-order valence-electron chi connectivity index (χ3n) is 1.21. The summed E-state index contributed by atoms with van der Waals surface area (Å²) < 4.78 is 39.3. The van der Waals surface area contributed by atoms with Crippen LogP contribution >= 0.6 is 0 Å². The predicted molar refractivity (Wildman–Crippen MR) is 35.5 cm³/mol. The zero-order valence-corrected chi connectivity index (χ0v) is 6.73. The molecule has 0 radical (unpaired) electrons. The zero-order chi connectivity index (χ0) is 9.78. The Morgan fingerprint density at radius 2 is 2.08 bits per heavy atom. The SMILES string of the molecule is COC(C)CNC(=O)C(F)(F)F. The van der Waals surface area contributed by atoms with Crippen LogP contribution in [-0.4, -0.2) is 31.8 Å². The molecule has 0 aliphatic carbocycles. The highest BCUT2D eigenvalue weighted by molar-refractivity contribution is 5.81. The maximum atomic E-state index is 11.6. The molecule has 6 heteroatoms. The molecule has 0 aromatic heterocycles. The summed E-state index contributed by atoms with van der Waals surface area (Å²) in [4.78, 5) is 10.2. The molecular weight excluding hydrogens is 175 g/mol. The van der Waals surface area contributed by atoms with Gasteiger partial charge in [0, 0.05) is 13.7 Å². The molecule has 0 aliphatic heterocycles. The number of carbonyl (C=O) groups is 1. The summed E-state index contributed by atoms with van der Waals surface area (Å²) >= 11 is 0. The molecule has 0 aromatic carbocycles. The van der Waals surface area contributed by atoms with Crippen molar-refractivity contribution in [2.75, 3.05) is 13.7 Å². The Bertz CT molecular complexity index is 157. The van der Waals surface area contributed by atoms with E-state index in [1.54, 1.807) is 12.2 Å². The average molecular weight is 185 g/mol. The van der Waals surface area contributed by atoms with E-state index in [2.05, 4.69) is 4.74 Å². The Hall–Kier alpha value is -0.780. The summed E-state index contributed by atoms with van der Waals surface area (Å²) in [6.45, 7) is 1.41. The Balaban J connectivity index is 3.73. The Morgan fingerprint density at radius 1 is 1.58 bits per heavy atom. The molecule has 1 amide bonds. The van der Waals surface area contributed by atoms with Gasteiger partial charge in [-0.1, -0.05) is 0 Å². The van der Waals surface area contributed by atoms with Gasteiger partial charge in [-0.15, -0.1) is 0 Å². The van der Waals surface area contributed by atoms with Crippen molar-refractivity contribution >= 4 is 5.91 Å². The quantitative estimate of drug-likeness (QED) is 0.702. The Labute approximate surface area is 67.9 Å². The average Bonchev–Trinajstić information content (AvgIpc) is 1.97. The van der Waals surface area contributed by atoms with E-state index in [-0.39, 0.29) is 6.54 Å². The van der Waals surface area contributed by atoms with Crippen LogP contribution in [0.15, 0.2) is 0 Å². The smallest absolute Gasteiger partial charge is 0.380 e. The highest BCUT2D eigenvalue weighted by atomic mass is 19.4. The van der Waals surface area contributed by atoms with Crippen LogP contribution in [0.25, 0.3) is 0 Å². The molecule has 0 saturated heterocycles. The highest BCUT2D eigenvalue weighted by Gasteiger charge is 2.38. The van der Waals surface area contributed by atoms with Crippen LogP contribution in [-0.2, 0) is 9.53 Å². The van der Waals surface area contributed by atoms with Crippen molar-refractivity contribution < 1.29 is 22.7 Å². The highest BCUT2D eigenvalue weighted by Crippen LogP contribution is 2.13. The topological polar surface area (TPSA) is 38.3 Å². The molecule has 0 fully saturated rings. The molecule has 0 bridgehead atoms. The summed E-state index contributed by atoms with van der Waals surface area (Å²) in [7, 11) is 1.35. The molecule has 0 spiro atoms. The van der Waals surface area contributed by atoms with Crippen LogP contribution in [0.5, 0.6) is 0 Å². The van der Waals surface area contributed by atoms with E-state index in [1.165, 1.54) is 7.11 Å². The number of carbonyl (C=O) groups excluding carboxylic acids is 1. The van der Waals surface area contributed by atoms with Crippen molar-refractivity contribution in [3.8, 4) is 0 Å². The van der Waals surface area contributed by atoms with Crippen LogP contribution in [0.3, 0.4) is 0 Å². The number of hydrogen-bond donors (Lipinski definition) is 1. The number of halogens is 3. The van der Waals surface area contributed by atoms with E-state index in [4.69, 9.17) is 0 Å². The molecule has 3 nitrogen and oxygen atoms in total. The van der Waals surface area contributed by atoms with Crippen LogP contribution in [0.4, 0.5) is 13.2 Å². The fourth-order valence-corrected chi connectivity index (χ4v) is 0.420. The summed E-state index contributed by atoms with van der Waals surface area (Å²) in [6.07, 6.45) is -5.23. The lowest BCUT2D eigenvalue weighted by molar-refractivity contribution is -0.174. The van der Waals surface area contributed by atoms with E-state index >= 15 is 0 Å². The first-order valence-electron chi connectivity index (χ1n) is 3.25. The second-order valence-corrected chi connectivity index (χ2v) is 2.25. The van der Waals surface area contributed by atoms with Crippen molar-refractivity contribution in [1.29, 1.82) is 0 Å². The molecule has 1 N–H and O–H groups in total. The van der Waals surface area contributed by atoms with Crippen molar-refractivity contribution in [3.63, 3.8) is 0 Å². The van der Waals surface area contributed by atoms with Gasteiger partial charge in [-0.25, -0.2) is 0 Å². The molecule has 12 heavy (non-hydrogen) atoms. The number of hydrogen-bond acceptors (Lipinski definition) is 2. The number of amides is 1. The first kappa shape index (κ1) is 11.2. The lowest BCUT2D eigenvalue weighted by Crippen LogP contribution is -2.40. The summed E-state index contributed by atoms with van der Waals surface area (Å²) in [5.41, 5.74) is 0. The molecule has 0 saturated carbocycles. The van der Waals surface area contributed by atoms with Gasteiger partial charge in [0.05, 0.1) is 6.10 Å². The fourth-order valence-electron chi connectivity index (χ4n) is 0.420. The second-order valence-electron chi connectivity index (χ2n) is 2.25. The first-order valence-corrected chi connectivity index (χ1v) is 3.25. The molecule has 1 atom stereocenters. The molecule has 0 heterocycles. The van der Waals surface area contributed by atoms with Gasteiger partial charge in [-0.05, 0) is 6.92 Å². The molecule has 0 rings (SSSR count). The van der Waals surface area contributed by atoms with Gasteiger partial charge in [0.25, 0.3) is 0 Å². The van der Waals surface area contributed by atoms with Crippen molar-refractivity contribution in [1.82, 2.24) is 5.32 Å². The van der Waals surface area contributed by atoms with E-state index in [1.807, 2.05) is 0 Å². The van der Waals surface area contributed by atoms with E-state index in [0.717, 1.165) is 0 Å². The summed E-state index contributed by atoms with van der Waals surface area (Å²) in [5.74, 6) is -1.94. The van der Waals surface area contributed by atoms with Gasteiger partial charge in [0.1, 0.15) is 0 Å². The van der Waals surface area contributed by atoms with Crippen molar-refractivity contribution in [2.24, 2.45) is 0 Å². The molecule has 0 aromatic rings. The third-order valence-corrected chi connectivity index (χ3v) is 1.21. The van der Waals surface area contributed by atoms with Crippen LogP contribution in [0.2, 0.25) is 0 Å². The van der Waals surface area contributed by atoms with Gasteiger partial charge in [-0.3, -0.25) is 4.79 Å². The lowest BCUT2D eigenvalue weighted by atomic mass is 10.4. The number of rotatable bonds is 3. The Kier molecular flexibility index (Phi) is 4.02. The summed E-state index contributed by atoms with van der Waals surface area (Å²) in [5, 5.41) is 1.68. The Morgan fingerprint density at radius 3 is 2.42 bits per heavy atom. The number of methoxy groups -OCH3 is 1. The number of nitrogens with one attached hydrogen (secondary N) is 1. The van der Waals surface area contributed by atoms with Gasteiger partial charge < -0.3 is 10.1 Å². The minimum absolute atomic E-state index is 0.144. The van der Waals surface area contributed by atoms with Crippen LogP contribution in [0.1, 0.15) is 6.92 Å². The van der Waals surface area contributed by atoms with E-state index in [9.17, 15) is 18.0 Å². The van der Waals surface area contributed by atoms with Crippen LogP contribution in [0, 0.1) is 0 Å². The standard InChI is InChI=1S/C6H10F3NO2/c1-4(12-2)3-10-5(11)6(7,8)9/h4H,3H2,1-2H3,(H,10,11). The van der Waals surface area contributed by atoms with Gasteiger partial charge in [0.15, 0.2) is 0 Å². The molecule has 1 unspecified atom stereocenters. The largest absolute Gasteiger partial charge is 0.471 e. The minimum Gasteiger partial charge on any atom is -0.380 e. The second kappa shape index (κ2) is 4.30.